The smallest absolute Gasteiger partial charge is 0.307 e. The lowest BCUT2D eigenvalue weighted by Gasteiger charge is -2.05. The Balaban J connectivity index is 3.28. The van der Waals surface area contributed by atoms with Crippen molar-refractivity contribution < 1.29 is 23.1 Å². The topological polar surface area (TPSA) is 70.2 Å². The lowest BCUT2D eigenvalue weighted by atomic mass is 10.1. The molecule has 0 radical (unpaired) electrons. The summed E-state index contributed by atoms with van der Waals surface area (Å²) in [4.78, 5) is 22.6. The number of hydrogen-bond acceptors (Lipinski definition) is 2. The summed E-state index contributed by atoms with van der Waals surface area (Å²) in [7, 11) is 0. The van der Waals surface area contributed by atoms with Crippen molar-refractivity contribution in [2.24, 2.45) is 0 Å². The molecule has 7 heteroatoms. The summed E-state index contributed by atoms with van der Waals surface area (Å²) in [6.07, 6.45) is -3.82. The molecular formula is C8H6F3NO3. The Morgan fingerprint density at radius 1 is 1.53 bits per heavy atom. The molecule has 0 saturated carbocycles. The first-order chi connectivity index (χ1) is 6.91. The van der Waals surface area contributed by atoms with Crippen molar-refractivity contribution in [2.75, 3.05) is 0 Å². The summed E-state index contributed by atoms with van der Waals surface area (Å²) in [5.74, 6) is -2.67. The van der Waals surface area contributed by atoms with Crippen LogP contribution in [-0.2, 0) is 11.2 Å². The van der Waals surface area contributed by atoms with E-state index in [1.807, 2.05) is 0 Å². The number of pyridine rings is 1. The summed E-state index contributed by atoms with van der Waals surface area (Å²) < 4.78 is 37.3. The molecule has 0 fully saturated rings. The molecule has 4 nitrogen and oxygen atoms in total. The molecule has 0 amide bonds. The second kappa shape index (κ2) is 4.16. The minimum Gasteiger partial charge on any atom is -0.481 e. The van der Waals surface area contributed by atoms with Crippen LogP contribution in [-0.4, -0.2) is 16.1 Å². The number of rotatable bonds is 3. The molecular weight excluding hydrogens is 215 g/mol. The predicted molar refractivity (Wildman–Crippen MR) is 43.3 cm³/mol. The zero-order chi connectivity index (χ0) is 11.6. The molecule has 0 atom stereocenters. The van der Waals surface area contributed by atoms with Crippen molar-refractivity contribution in [3.63, 3.8) is 0 Å². The first-order valence-electron chi connectivity index (χ1n) is 3.83. The predicted octanol–water partition coefficient (Wildman–Crippen LogP) is 1.08. The van der Waals surface area contributed by atoms with Crippen LogP contribution < -0.4 is 5.56 Å². The molecule has 0 spiro atoms. The van der Waals surface area contributed by atoms with Crippen LogP contribution in [0.1, 0.15) is 17.7 Å². The number of nitrogens with one attached hydrogen (secondary N) is 1. The summed E-state index contributed by atoms with van der Waals surface area (Å²) in [6, 6.07) is 0.508. The Kier molecular flexibility index (Phi) is 3.13. The molecule has 15 heavy (non-hydrogen) atoms. The number of hydrogen-bond donors (Lipinski definition) is 2. The molecule has 0 bridgehead atoms. The molecule has 1 heterocycles. The van der Waals surface area contributed by atoms with E-state index in [1.54, 1.807) is 4.98 Å². The van der Waals surface area contributed by atoms with Gasteiger partial charge in [0, 0.05) is 0 Å². The summed E-state index contributed by atoms with van der Waals surface area (Å²) >= 11 is 0. The Bertz CT molecular complexity index is 441. The minimum absolute atomic E-state index is 0.436. The molecule has 1 aromatic rings. The van der Waals surface area contributed by atoms with Crippen molar-refractivity contribution in [2.45, 2.75) is 12.8 Å². The van der Waals surface area contributed by atoms with Crippen molar-refractivity contribution in [3.05, 3.63) is 33.5 Å². The van der Waals surface area contributed by atoms with Gasteiger partial charge in [0.2, 0.25) is 0 Å². The summed E-state index contributed by atoms with van der Waals surface area (Å²) in [6.45, 7) is 0. The molecule has 2 N–H and O–H groups in total. The Hall–Kier alpha value is -1.79. The van der Waals surface area contributed by atoms with Crippen LogP contribution in [0, 0.1) is 5.82 Å². The monoisotopic (exact) mass is 221 g/mol. The van der Waals surface area contributed by atoms with Gasteiger partial charge in [0.05, 0.1) is 12.1 Å². The van der Waals surface area contributed by atoms with Crippen LogP contribution in [0.3, 0.4) is 0 Å². The van der Waals surface area contributed by atoms with Gasteiger partial charge in [-0.3, -0.25) is 9.59 Å². The lowest BCUT2D eigenvalue weighted by molar-refractivity contribution is -0.136. The largest absolute Gasteiger partial charge is 0.481 e. The fourth-order valence-electron chi connectivity index (χ4n) is 1.06. The molecule has 1 aromatic heterocycles. The molecule has 1 rings (SSSR count). The Morgan fingerprint density at radius 3 is 2.60 bits per heavy atom. The molecule has 0 aliphatic rings. The Labute approximate surface area is 81.4 Å². The number of aromatic nitrogens is 1. The maximum atomic E-state index is 12.7. The van der Waals surface area contributed by atoms with E-state index in [9.17, 15) is 22.8 Å². The number of aromatic amines is 1. The van der Waals surface area contributed by atoms with E-state index < -0.39 is 41.4 Å². The van der Waals surface area contributed by atoms with Crippen LogP contribution in [0.5, 0.6) is 0 Å². The maximum Gasteiger partial charge on any atom is 0.307 e. The zero-order valence-corrected chi connectivity index (χ0v) is 7.26. The third-order valence-corrected chi connectivity index (χ3v) is 1.67. The summed E-state index contributed by atoms with van der Waals surface area (Å²) in [5.41, 5.74) is -2.59. The third kappa shape index (κ3) is 2.58. The molecule has 0 unspecified atom stereocenters. The van der Waals surface area contributed by atoms with Crippen molar-refractivity contribution in [1.29, 1.82) is 0 Å². The number of alkyl halides is 2. The van der Waals surface area contributed by atoms with Gasteiger partial charge < -0.3 is 10.1 Å². The first kappa shape index (κ1) is 11.3. The van der Waals surface area contributed by atoms with Crippen LogP contribution >= 0.6 is 0 Å². The molecule has 82 valence electrons. The first-order valence-corrected chi connectivity index (χ1v) is 3.83. The van der Waals surface area contributed by atoms with E-state index >= 15 is 0 Å². The van der Waals surface area contributed by atoms with E-state index in [4.69, 9.17) is 5.11 Å². The van der Waals surface area contributed by atoms with Gasteiger partial charge in [-0.15, -0.1) is 0 Å². The van der Waals surface area contributed by atoms with Crippen LogP contribution in [0.4, 0.5) is 13.2 Å². The number of carboxylic acids is 1. The van der Waals surface area contributed by atoms with Gasteiger partial charge in [-0.05, 0) is 11.6 Å². The number of aliphatic carboxylic acids is 1. The lowest BCUT2D eigenvalue weighted by Crippen LogP contribution is -2.17. The van der Waals surface area contributed by atoms with Crippen molar-refractivity contribution in [3.8, 4) is 0 Å². The highest BCUT2D eigenvalue weighted by Crippen LogP contribution is 2.20. The van der Waals surface area contributed by atoms with Gasteiger partial charge in [-0.25, -0.2) is 13.2 Å². The average molecular weight is 221 g/mol. The molecule has 0 aliphatic carbocycles. The fraction of sp³-hybridized carbons (Fsp3) is 0.250. The average Bonchev–Trinajstić information content (AvgIpc) is 2.09. The van der Waals surface area contributed by atoms with Crippen molar-refractivity contribution >= 4 is 5.97 Å². The van der Waals surface area contributed by atoms with Gasteiger partial charge in [0.15, 0.2) is 5.82 Å². The number of carboxylic acid groups (broad SMARTS) is 1. The van der Waals surface area contributed by atoms with Crippen LogP contribution in [0.2, 0.25) is 0 Å². The highest BCUT2D eigenvalue weighted by molar-refractivity contribution is 5.70. The van der Waals surface area contributed by atoms with E-state index in [0.29, 0.717) is 6.07 Å². The van der Waals surface area contributed by atoms with E-state index in [2.05, 4.69) is 0 Å². The second-order valence-corrected chi connectivity index (χ2v) is 2.76. The number of halogens is 3. The standard InChI is InChI=1S/C8H6F3NO3/c9-4-1-3(2-5(13)14)6(7(10)11)12-8(4)15/h1,7H,2H2,(H,12,15)(H,13,14). The SMILES string of the molecule is O=C(O)Cc1cc(F)c(=O)[nH]c1C(F)F. The third-order valence-electron chi connectivity index (χ3n) is 1.67. The second-order valence-electron chi connectivity index (χ2n) is 2.76. The van der Waals surface area contributed by atoms with Crippen LogP contribution in [0.15, 0.2) is 10.9 Å². The van der Waals surface area contributed by atoms with Gasteiger partial charge in [0.1, 0.15) is 0 Å². The van der Waals surface area contributed by atoms with Crippen molar-refractivity contribution in [1.82, 2.24) is 4.98 Å². The van der Waals surface area contributed by atoms with Gasteiger partial charge in [-0.2, -0.15) is 0 Å². The quantitative estimate of drug-likeness (QED) is 0.802. The van der Waals surface area contributed by atoms with E-state index in [1.165, 1.54) is 0 Å². The highest BCUT2D eigenvalue weighted by atomic mass is 19.3. The fourth-order valence-corrected chi connectivity index (χ4v) is 1.06. The van der Waals surface area contributed by atoms with Gasteiger partial charge >= 0.3 is 5.97 Å². The van der Waals surface area contributed by atoms with Gasteiger partial charge in [0.25, 0.3) is 12.0 Å². The molecule has 0 saturated heterocycles. The maximum absolute atomic E-state index is 12.7. The Morgan fingerprint density at radius 2 is 2.13 bits per heavy atom. The normalized spacial score (nSPS) is 10.7. The molecule has 0 aliphatic heterocycles. The van der Waals surface area contributed by atoms with E-state index in [-0.39, 0.29) is 0 Å². The van der Waals surface area contributed by atoms with Gasteiger partial charge in [-0.1, -0.05) is 0 Å². The summed E-state index contributed by atoms with van der Waals surface area (Å²) in [5, 5.41) is 8.37. The van der Waals surface area contributed by atoms with E-state index in [0.717, 1.165) is 0 Å². The highest BCUT2D eigenvalue weighted by Gasteiger charge is 2.18. The van der Waals surface area contributed by atoms with Crippen LogP contribution in [0.25, 0.3) is 0 Å². The number of H-pyrrole nitrogens is 1. The zero-order valence-electron chi connectivity index (χ0n) is 7.26. The molecule has 0 aromatic carbocycles. The number of carbonyl (C=O) groups is 1. The minimum atomic E-state index is -3.05.